The Hall–Kier alpha value is -2.35. The number of benzene rings is 2. The Labute approximate surface area is 125 Å². The van der Waals surface area contributed by atoms with Crippen LogP contribution in [0.3, 0.4) is 0 Å². The largest absolute Gasteiger partial charge is 0.492 e. The lowest BCUT2D eigenvalue weighted by Gasteiger charge is -2.20. The lowest BCUT2D eigenvalue weighted by atomic mass is 9.80. The van der Waals surface area contributed by atoms with Crippen molar-refractivity contribution in [1.82, 2.24) is 0 Å². The molecule has 2 nitrogen and oxygen atoms in total. The minimum absolute atomic E-state index is 0.127. The van der Waals surface area contributed by atoms with Gasteiger partial charge in [-0.3, -0.25) is 4.79 Å². The molecule has 2 aromatic rings. The Morgan fingerprint density at radius 1 is 1.14 bits per heavy atom. The van der Waals surface area contributed by atoms with Crippen LogP contribution in [0.15, 0.2) is 60.7 Å². The van der Waals surface area contributed by atoms with Crippen molar-refractivity contribution < 1.29 is 9.53 Å². The molecule has 0 N–H and O–H groups in total. The Bertz CT molecular complexity index is 673. The first kappa shape index (κ1) is 13.6. The number of hydrogen-bond donors (Lipinski definition) is 0. The molecule has 1 aliphatic heterocycles. The smallest absolute Gasteiger partial charge is 0.156 e. The third kappa shape index (κ3) is 2.89. The highest BCUT2D eigenvalue weighted by Crippen LogP contribution is 2.40. The number of carbonyl (C=O) groups excluding carboxylic acids is 1. The van der Waals surface area contributed by atoms with E-state index >= 15 is 0 Å². The summed E-state index contributed by atoms with van der Waals surface area (Å²) in [5.41, 5.74) is 1.94. The fourth-order valence-electron chi connectivity index (χ4n) is 2.75. The van der Waals surface area contributed by atoms with E-state index in [1.807, 2.05) is 54.6 Å². The van der Waals surface area contributed by atoms with E-state index in [0.29, 0.717) is 13.0 Å². The average molecular weight is 278 g/mol. The van der Waals surface area contributed by atoms with E-state index in [2.05, 4.69) is 13.0 Å². The van der Waals surface area contributed by atoms with Crippen LogP contribution in [0.1, 0.15) is 24.5 Å². The molecule has 0 amide bonds. The summed E-state index contributed by atoms with van der Waals surface area (Å²) in [5, 5.41) is 0. The molecule has 21 heavy (non-hydrogen) atoms. The molecule has 0 radical (unpaired) electrons. The topological polar surface area (TPSA) is 26.3 Å². The van der Waals surface area contributed by atoms with Gasteiger partial charge in [0.25, 0.3) is 0 Å². The number of ether oxygens (including phenoxy) is 1. The number of para-hydroxylation sites is 1. The summed E-state index contributed by atoms with van der Waals surface area (Å²) in [6.45, 7) is 2.66. The second kappa shape index (κ2) is 5.57. The predicted molar refractivity (Wildman–Crippen MR) is 84.4 cm³/mol. The second-order valence-corrected chi connectivity index (χ2v) is 5.73. The van der Waals surface area contributed by atoms with Crippen molar-refractivity contribution in [3.05, 3.63) is 71.8 Å². The van der Waals surface area contributed by atoms with Crippen LogP contribution in [0.4, 0.5) is 0 Å². The molecule has 0 aromatic heterocycles. The molecule has 0 fully saturated rings. The number of hydrogen-bond acceptors (Lipinski definition) is 2. The van der Waals surface area contributed by atoms with E-state index in [1.165, 1.54) is 0 Å². The molecule has 3 rings (SSSR count). The standard InChI is InChI=1S/C19H18O2/c1-19(14-21-18-10-6-5-9-17(18)19)13-16(20)12-11-15-7-3-2-4-8-15/h2-12H,13-14H2,1H3/b12-11+. The van der Waals surface area contributed by atoms with Gasteiger partial charge >= 0.3 is 0 Å². The van der Waals surface area contributed by atoms with Gasteiger partial charge in [-0.15, -0.1) is 0 Å². The van der Waals surface area contributed by atoms with Gasteiger partial charge in [-0.1, -0.05) is 61.5 Å². The van der Waals surface area contributed by atoms with E-state index in [4.69, 9.17) is 4.74 Å². The van der Waals surface area contributed by atoms with Crippen LogP contribution in [-0.2, 0) is 10.2 Å². The molecule has 0 saturated carbocycles. The molecule has 1 unspecified atom stereocenters. The maximum Gasteiger partial charge on any atom is 0.156 e. The van der Waals surface area contributed by atoms with Crippen molar-refractivity contribution in [2.75, 3.05) is 6.61 Å². The molecular formula is C19H18O2. The van der Waals surface area contributed by atoms with Gasteiger partial charge in [0.2, 0.25) is 0 Å². The van der Waals surface area contributed by atoms with Gasteiger partial charge in [-0.25, -0.2) is 0 Å². The normalized spacial score (nSPS) is 20.2. The van der Waals surface area contributed by atoms with Crippen LogP contribution in [0.25, 0.3) is 6.08 Å². The lowest BCUT2D eigenvalue weighted by Crippen LogP contribution is -2.26. The summed E-state index contributed by atoms with van der Waals surface area (Å²) < 4.78 is 5.70. The van der Waals surface area contributed by atoms with Crippen LogP contribution >= 0.6 is 0 Å². The summed E-state index contributed by atoms with van der Waals surface area (Å²) >= 11 is 0. The molecule has 1 aliphatic rings. The monoisotopic (exact) mass is 278 g/mol. The van der Waals surface area contributed by atoms with Gasteiger partial charge < -0.3 is 4.74 Å². The number of fused-ring (bicyclic) bond motifs is 1. The second-order valence-electron chi connectivity index (χ2n) is 5.73. The fourth-order valence-corrected chi connectivity index (χ4v) is 2.75. The first-order valence-corrected chi connectivity index (χ1v) is 7.16. The molecular weight excluding hydrogens is 260 g/mol. The zero-order chi connectivity index (χ0) is 14.7. The molecule has 0 aliphatic carbocycles. The van der Waals surface area contributed by atoms with Gasteiger partial charge in [-0.05, 0) is 17.7 Å². The van der Waals surface area contributed by atoms with Crippen molar-refractivity contribution in [2.45, 2.75) is 18.8 Å². The zero-order valence-electron chi connectivity index (χ0n) is 12.1. The number of rotatable bonds is 4. The zero-order valence-corrected chi connectivity index (χ0v) is 12.1. The first-order chi connectivity index (χ1) is 10.2. The van der Waals surface area contributed by atoms with Gasteiger partial charge in [0, 0.05) is 17.4 Å². The maximum atomic E-state index is 12.2. The molecule has 0 saturated heterocycles. The summed E-state index contributed by atoms with van der Waals surface area (Å²) in [4.78, 5) is 12.2. The van der Waals surface area contributed by atoms with Crippen molar-refractivity contribution in [1.29, 1.82) is 0 Å². The molecule has 0 spiro atoms. The van der Waals surface area contributed by atoms with Crippen LogP contribution in [-0.4, -0.2) is 12.4 Å². The van der Waals surface area contributed by atoms with Crippen LogP contribution in [0, 0.1) is 0 Å². The van der Waals surface area contributed by atoms with Crippen LogP contribution in [0.5, 0.6) is 5.75 Å². The SMILES string of the molecule is CC1(CC(=O)/C=C/c2ccccc2)COc2ccccc21. The molecule has 106 valence electrons. The van der Waals surface area contributed by atoms with Gasteiger partial charge in [-0.2, -0.15) is 0 Å². The predicted octanol–water partition coefficient (Wildman–Crippen LogP) is 4.01. The third-order valence-electron chi connectivity index (χ3n) is 3.91. The van der Waals surface area contributed by atoms with Crippen LogP contribution < -0.4 is 4.74 Å². The highest BCUT2D eigenvalue weighted by atomic mass is 16.5. The van der Waals surface area contributed by atoms with Gasteiger partial charge in [0.05, 0.1) is 6.61 Å². The van der Waals surface area contributed by atoms with Crippen molar-refractivity contribution in [3.8, 4) is 5.75 Å². The molecule has 1 heterocycles. The highest BCUT2D eigenvalue weighted by molar-refractivity contribution is 5.94. The van der Waals surface area contributed by atoms with Gasteiger partial charge in [0.15, 0.2) is 5.78 Å². The molecule has 2 heteroatoms. The van der Waals surface area contributed by atoms with E-state index in [-0.39, 0.29) is 11.2 Å². The van der Waals surface area contributed by atoms with Gasteiger partial charge in [0.1, 0.15) is 5.75 Å². The maximum absolute atomic E-state index is 12.2. The first-order valence-electron chi connectivity index (χ1n) is 7.16. The number of carbonyl (C=O) groups is 1. The van der Waals surface area contributed by atoms with E-state index in [1.54, 1.807) is 6.08 Å². The van der Waals surface area contributed by atoms with Crippen molar-refractivity contribution in [2.24, 2.45) is 0 Å². The van der Waals surface area contributed by atoms with E-state index in [9.17, 15) is 4.79 Å². The number of ketones is 1. The Morgan fingerprint density at radius 2 is 1.86 bits per heavy atom. The summed E-state index contributed by atoms with van der Waals surface area (Å²) in [6.07, 6.45) is 4.00. The van der Waals surface area contributed by atoms with Crippen LogP contribution in [0.2, 0.25) is 0 Å². The van der Waals surface area contributed by atoms with E-state index in [0.717, 1.165) is 16.9 Å². The summed E-state index contributed by atoms with van der Waals surface area (Å²) in [7, 11) is 0. The molecule has 0 bridgehead atoms. The quantitative estimate of drug-likeness (QED) is 0.790. The summed E-state index contributed by atoms with van der Waals surface area (Å²) in [5.74, 6) is 1.03. The Kier molecular flexibility index (Phi) is 3.61. The Morgan fingerprint density at radius 3 is 2.67 bits per heavy atom. The summed E-state index contributed by atoms with van der Waals surface area (Å²) in [6, 6.07) is 17.8. The van der Waals surface area contributed by atoms with Crippen molar-refractivity contribution >= 4 is 11.9 Å². The molecule has 2 aromatic carbocycles. The average Bonchev–Trinajstić information content (AvgIpc) is 2.84. The fraction of sp³-hybridized carbons (Fsp3) is 0.211. The minimum Gasteiger partial charge on any atom is -0.492 e. The van der Waals surface area contributed by atoms with Crippen molar-refractivity contribution in [3.63, 3.8) is 0 Å². The lowest BCUT2D eigenvalue weighted by molar-refractivity contribution is -0.115. The molecule has 1 atom stereocenters. The highest BCUT2D eigenvalue weighted by Gasteiger charge is 2.37. The third-order valence-corrected chi connectivity index (χ3v) is 3.91. The Balaban J connectivity index is 1.72. The number of allylic oxidation sites excluding steroid dienone is 1. The van der Waals surface area contributed by atoms with E-state index < -0.39 is 0 Å². The minimum atomic E-state index is -0.227.